The standard InChI is InChI=1S/C20H21N5O2/c1-27-18-9-7-15(12-22-18)23-20(26)24-19-16-5-3-2-4-14(16)6-8-17(19)25-11-10-21-13-25/h2-5,7,9-13,17,19H,6,8H2,1H3,(H2,23,24,26). The summed E-state index contributed by atoms with van der Waals surface area (Å²) in [4.78, 5) is 20.9. The van der Waals surface area contributed by atoms with E-state index in [9.17, 15) is 4.79 Å². The Balaban J connectivity index is 1.55. The lowest BCUT2D eigenvalue weighted by Crippen LogP contribution is -2.39. The molecule has 7 nitrogen and oxygen atoms in total. The lowest BCUT2D eigenvalue weighted by molar-refractivity contribution is 0.239. The number of imidazole rings is 1. The van der Waals surface area contributed by atoms with Crippen LogP contribution in [0.15, 0.2) is 61.3 Å². The molecule has 3 aromatic rings. The summed E-state index contributed by atoms with van der Waals surface area (Å²) in [6.45, 7) is 0. The highest BCUT2D eigenvalue weighted by atomic mass is 16.5. The van der Waals surface area contributed by atoms with Crippen LogP contribution >= 0.6 is 0 Å². The Hall–Kier alpha value is -3.35. The van der Waals surface area contributed by atoms with Gasteiger partial charge in [0.05, 0.1) is 37.4 Å². The third kappa shape index (κ3) is 3.62. The lowest BCUT2D eigenvalue weighted by atomic mass is 9.84. The van der Waals surface area contributed by atoms with E-state index in [0.29, 0.717) is 11.6 Å². The molecule has 0 saturated heterocycles. The third-order valence-corrected chi connectivity index (χ3v) is 4.88. The van der Waals surface area contributed by atoms with Gasteiger partial charge in [0.2, 0.25) is 5.88 Å². The lowest BCUT2D eigenvalue weighted by Gasteiger charge is -2.35. The van der Waals surface area contributed by atoms with Crippen LogP contribution in [0.25, 0.3) is 0 Å². The van der Waals surface area contributed by atoms with Gasteiger partial charge in [0.25, 0.3) is 0 Å². The second-order valence-corrected chi connectivity index (χ2v) is 6.48. The number of nitrogens with zero attached hydrogens (tertiary/aromatic N) is 3. The molecule has 2 heterocycles. The summed E-state index contributed by atoms with van der Waals surface area (Å²) in [7, 11) is 1.55. The molecule has 2 amide bonds. The minimum Gasteiger partial charge on any atom is -0.481 e. The number of aromatic nitrogens is 3. The van der Waals surface area contributed by atoms with E-state index < -0.39 is 0 Å². The van der Waals surface area contributed by atoms with Gasteiger partial charge in [-0.05, 0) is 30.0 Å². The Labute approximate surface area is 157 Å². The number of methoxy groups -OCH3 is 1. The summed E-state index contributed by atoms with van der Waals surface area (Å²) in [5.74, 6) is 0.502. The molecule has 2 unspecified atom stereocenters. The molecule has 1 aliphatic carbocycles. The van der Waals surface area contributed by atoms with Crippen molar-refractivity contribution >= 4 is 11.7 Å². The highest BCUT2D eigenvalue weighted by Gasteiger charge is 2.31. The van der Waals surface area contributed by atoms with Crippen molar-refractivity contribution in [3.63, 3.8) is 0 Å². The Kier molecular flexibility index (Phi) is 4.74. The number of hydrogen-bond acceptors (Lipinski definition) is 4. The molecule has 2 atom stereocenters. The molecule has 138 valence electrons. The largest absolute Gasteiger partial charge is 0.481 e. The number of nitrogens with one attached hydrogen (secondary N) is 2. The smallest absolute Gasteiger partial charge is 0.319 e. The Morgan fingerprint density at radius 2 is 2.15 bits per heavy atom. The van der Waals surface area contributed by atoms with Crippen LogP contribution in [0, 0.1) is 0 Å². The maximum atomic E-state index is 12.7. The topological polar surface area (TPSA) is 81.1 Å². The van der Waals surface area contributed by atoms with Crippen molar-refractivity contribution in [2.24, 2.45) is 0 Å². The van der Waals surface area contributed by atoms with Crippen LogP contribution in [0.3, 0.4) is 0 Å². The number of rotatable bonds is 4. The molecule has 0 saturated carbocycles. The third-order valence-electron chi connectivity index (χ3n) is 4.88. The first-order chi connectivity index (χ1) is 13.2. The van der Waals surface area contributed by atoms with E-state index in [1.165, 1.54) is 5.56 Å². The van der Waals surface area contributed by atoms with Crippen molar-refractivity contribution in [2.75, 3.05) is 12.4 Å². The maximum Gasteiger partial charge on any atom is 0.319 e. The van der Waals surface area contributed by atoms with Crippen LogP contribution in [0.5, 0.6) is 5.88 Å². The zero-order valence-electron chi connectivity index (χ0n) is 15.0. The summed E-state index contributed by atoms with van der Waals surface area (Å²) >= 11 is 0. The highest BCUT2D eigenvalue weighted by Crippen LogP contribution is 2.37. The molecule has 1 aliphatic rings. The number of fused-ring (bicyclic) bond motifs is 1. The van der Waals surface area contributed by atoms with Gasteiger partial charge in [-0.25, -0.2) is 14.8 Å². The van der Waals surface area contributed by atoms with Gasteiger partial charge in [0.1, 0.15) is 0 Å². The predicted molar refractivity (Wildman–Crippen MR) is 102 cm³/mol. The van der Waals surface area contributed by atoms with E-state index in [-0.39, 0.29) is 18.1 Å². The number of anilines is 1. The second kappa shape index (κ2) is 7.49. The fraction of sp³-hybridized carbons (Fsp3) is 0.250. The van der Waals surface area contributed by atoms with E-state index in [1.54, 1.807) is 38.0 Å². The van der Waals surface area contributed by atoms with Crippen LogP contribution in [0.2, 0.25) is 0 Å². The molecule has 4 rings (SSSR count). The Bertz CT molecular complexity index is 908. The normalized spacial score (nSPS) is 18.4. The first-order valence-electron chi connectivity index (χ1n) is 8.87. The fourth-order valence-corrected chi connectivity index (χ4v) is 3.59. The van der Waals surface area contributed by atoms with Gasteiger partial charge < -0.3 is 19.9 Å². The first-order valence-corrected chi connectivity index (χ1v) is 8.87. The average Bonchev–Trinajstić information content (AvgIpc) is 3.23. The Morgan fingerprint density at radius 1 is 1.26 bits per heavy atom. The fourth-order valence-electron chi connectivity index (χ4n) is 3.59. The van der Waals surface area contributed by atoms with Crippen LogP contribution in [0.4, 0.5) is 10.5 Å². The molecular weight excluding hydrogens is 342 g/mol. The monoisotopic (exact) mass is 363 g/mol. The van der Waals surface area contributed by atoms with Gasteiger partial charge in [-0.3, -0.25) is 0 Å². The van der Waals surface area contributed by atoms with Crippen molar-refractivity contribution in [3.05, 3.63) is 72.4 Å². The van der Waals surface area contributed by atoms with Gasteiger partial charge in [-0.2, -0.15) is 0 Å². The molecule has 2 aromatic heterocycles. The van der Waals surface area contributed by atoms with E-state index >= 15 is 0 Å². The van der Waals surface area contributed by atoms with Crippen molar-refractivity contribution < 1.29 is 9.53 Å². The number of urea groups is 1. The van der Waals surface area contributed by atoms with Crippen LogP contribution in [0.1, 0.15) is 29.6 Å². The minimum absolute atomic E-state index is 0.113. The van der Waals surface area contributed by atoms with Crippen molar-refractivity contribution in [2.45, 2.75) is 24.9 Å². The summed E-state index contributed by atoms with van der Waals surface area (Å²) in [6, 6.07) is 11.4. The summed E-state index contributed by atoms with van der Waals surface area (Å²) in [6.07, 6.45) is 8.99. The molecule has 2 N–H and O–H groups in total. The van der Waals surface area contributed by atoms with E-state index in [4.69, 9.17) is 4.74 Å². The Morgan fingerprint density at radius 3 is 2.89 bits per heavy atom. The molecule has 0 fully saturated rings. The van der Waals surface area contributed by atoms with Gasteiger partial charge in [0.15, 0.2) is 0 Å². The number of amides is 2. The maximum absolute atomic E-state index is 12.7. The van der Waals surface area contributed by atoms with Crippen molar-refractivity contribution in [1.82, 2.24) is 19.9 Å². The van der Waals surface area contributed by atoms with Crippen molar-refractivity contribution in [3.8, 4) is 5.88 Å². The predicted octanol–water partition coefficient (Wildman–Crippen LogP) is 3.34. The molecule has 1 aromatic carbocycles. The van der Waals surface area contributed by atoms with E-state index in [2.05, 4.69) is 37.3 Å². The van der Waals surface area contributed by atoms with Gasteiger partial charge in [0, 0.05) is 18.5 Å². The molecular formula is C20H21N5O2. The zero-order chi connectivity index (χ0) is 18.6. The molecule has 27 heavy (non-hydrogen) atoms. The summed E-state index contributed by atoms with van der Waals surface area (Å²) < 4.78 is 7.11. The van der Waals surface area contributed by atoms with Crippen molar-refractivity contribution in [1.29, 1.82) is 0 Å². The molecule has 0 spiro atoms. The van der Waals surface area contributed by atoms with Crippen LogP contribution in [-0.2, 0) is 6.42 Å². The average molecular weight is 363 g/mol. The SMILES string of the molecule is COc1ccc(NC(=O)NC2c3ccccc3CCC2n2ccnc2)cn1. The quantitative estimate of drug-likeness (QED) is 0.745. The van der Waals surface area contributed by atoms with E-state index in [1.807, 2.05) is 18.3 Å². The number of ether oxygens (including phenoxy) is 1. The summed E-state index contributed by atoms with van der Waals surface area (Å²) in [5, 5.41) is 5.98. The molecule has 7 heteroatoms. The zero-order valence-corrected chi connectivity index (χ0v) is 15.0. The van der Waals surface area contributed by atoms with Crippen LogP contribution in [-0.4, -0.2) is 27.7 Å². The van der Waals surface area contributed by atoms with E-state index in [0.717, 1.165) is 18.4 Å². The first kappa shape index (κ1) is 17.1. The number of carbonyl (C=O) groups excluding carboxylic acids is 1. The highest BCUT2D eigenvalue weighted by molar-refractivity contribution is 5.89. The molecule has 0 radical (unpaired) electrons. The number of pyridine rings is 1. The molecule has 0 bridgehead atoms. The van der Waals surface area contributed by atoms with Gasteiger partial charge >= 0.3 is 6.03 Å². The summed E-state index contributed by atoms with van der Waals surface area (Å²) in [5.41, 5.74) is 3.02. The van der Waals surface area contributed by atoms with Gasteiger partial charge in [-0.15, -0.1) is 0 Å². The van der Waals surface area contributed by atoms with Crippen LogP contribution < -0.4 is 15.4 Å². The number of carbonyl (C=O) groups is 1. The minimum atomic E-state index is -0.270. The number of benzene rings is 1. The second-order valence-electron chi connectivity index (χ2n) is 6.48. The molecule has 0 aliphatic heterocycles. The number of aryl methyl sites for hydroxylation is 1. The van der Waals surface area contributed by atoms with Gasteiger partial charge in [-0.1, -0.05) is 24.3 Å². The number of hydrogen-bond donors (Lipinski definition) is 2.